The van der Waals surface area contributed by atoms with Gasteiger partial charge in [0.05, 0.1) is 0 Å². The second-order valence-electron chi connectivity index (χ2n) is 2.36. The molecular weight excluding hydrogens is 188 g/mol. The van der Waals surface area contributed by atoms with Crippen LogP contribution in [-0.2, 0) is 6.42 Å². The van der Waals surface area contributed by atoms with Gasteiger partial charge in [-0.3, -0.25) is 5.10 Å². The van der Waals surface area contributed by atoms with E-state index in [1.165, 1.54) is 24.2 Å². The molecule has 7 heteroatoms. The van der Waals surface area contributed by atoms with Crippen LogP contribution in [0.5, 0.6) is 0 Å². The smallest absolute Gasteiger partial charge is 0.202 e. The molecule has 0 aliphatic heterocycles. The Morgan fingerprint density at radius 1 is 1.38 bits per heavy atom. The zero-order chi connectivity index (χ0) is 8.93. The third kappa shape index (κ3) is 2.22. The van der Waals surface area contributed by atoms with Crippen LogP contribution in [0.25, 0.3) is 0 Å². The summed E-state index contributed by atoms with van der Waals surface area (Å²) >= 11 is 1.34. The van der Waals surface area contributed by atoms with Crippen LogP contribution >= 0.6 is 11.5 Å². The average Bonchev–Trinajstić information content (AvgIpc) is 2.75. The normalized spacial score (nSPS) is 10.2. The van der Waals surface area contributed by atoms with E-state index in [-0.39, 0.29) is 0 Å². The molecule has 0 spiro atoms. The number of hydrogen-bond acceptors (Lipinski definition) is 6. The van der Waals surface area contributed by atoms with Gasteiger partial charge in [-0.15, -0.1) is 0 Å². The summed E-state index contributed by atoms with van der Waals surface area (Å²) in [5.41, 5.74) is 0. The lowest BCUT2D eigenvalue weighted by molar-refractivity contribution is 0.900. The summed E-state index contributed by atoms with van der Waals surface area (Å²) in [7, 11) is 0. The number of nitrogens with zero attached hydrogens (tertiary/aromatic N) is 4. The van der Waals surface area contributed by atoms with Crippen LogP contribution in [0.1, 0.15) is 5.82 Å². The van der Waals surface area contributed by atoms with Crippen molar-refractivity contribution in [2.24, 2.45) is 0 Å². The molecule has 6 nitrogen and oxygen atoms in total. The monoisotopic (exact) mass is 196 g/mol. The third-order valence-corrected chi connectivity index (χ3v) is 2.09. The molecule has 2 aromatic rings. The molecule has 0 fully saturated rings. The molecule has 2 N–H and O–H groups in total. The van der Waals surface area contributed by atoms with Gasteiger partial charge in [-0.05, 0) is 0 Å². The predicted molar refractivity (Wildman–Crippen MR) is 48.5 cm³/mol. The molecule has 2 rings (SSSR count). The molecule has 0 atom stereocenters. The van der Waals surface area contributed by atoms with Crippen molar-refractivity contribution in [3.05, 3.63) is 18.5 Å². The van der Waals surface area contributed by atoms with E-state index in [1.807, 2.05) is 0 Å². The number of hydrogen-bond donors (Lipinski definition) is 2. The van der Waals surface area contributed by atoms with Crippen LogP contribution in [0.2, 0.25) is 0 Å². The molecule has 2 heterocycles. The van der Waals surface area contributed by atoms with E-state index in [4.69, 9.17) is 0 Å². The Labute approximate surface area is 78.6 Å². The van der Waals surface area contributed by atoms with Crippen molar-refractivity contribution in [3.8, 4) is 0 Å². The van der Waals surface area contributed by atoms with Crippen molar-refractivity contribution in [1.29, 1.82) is 0 Å². The van der Waals surface area contributed by atoms with Gasteiger partial charge in [0.2, 0.25) is 5.13 Å². The Bertz CT molecular complexity index is 294. The predicted octanol–water partition coefficient (Wildman–Crippen LogP) is 0.311. The van der Waals surface area contributed by atoms with E-state index < -0.39 is 0 Å². The third-order valence-electron chi connectivity index (χ3n) is 1.46. The molecule has 0 aliphatic carbocycles. The van der Waals surface area contributed by atoms with Crippen molar-refractivity contribution in [2.45, 2.75) is 6.42 Å². The second kappa shape index (κ2) is 3.94. The lowest BCUT2D eigenvalue weighted by atomic mass is 10.4. The van der Waals surface area contributed by atoms with Gasteiger partial charge in [0, 0.05) is 24.5 Å². The van der Waals surface area contributed by atoms with Crippen LogP contribution in [-0.4, -0.2) is 31.1 Å². The molecule has 2 aromatic heterocycles. The Morgan fingerprint density at radius 2 is 2.38 bits per heavy atom. The maximum Gasteiger partial charge on any atom is 0.202 e. The van der Waals surface area contributed by atoms with Gasteiger partial charge in [0.1, 0.15) is 18.5 Å². The molecule has 0 unspecified atom stereocenters. The van der Waals surface area contributed by atoms with Gasteiger partial charge in [-0.25, -0.2) is 9.97 Å². The maximum atomic E-state index is 4.00. The van der Waals surface area contributed by atoms with E-state index in [9.17, 15) is 0 Å². The van der Waals surface area contributed by atoms with Gasteiger partial charge >= 0.3 is 0 Å². The van der Waals surface area contributed by atoms with E-state index >= 15 is 0 Å². The molecule has 0 saturated carbocycles. The van der Waals surface area contributed by atoms with Gasteiger partial charge in [0.25, 0.3) is 0 Å². The first-order valence-electron chi connectivity index (χ1n) is 3.80. The fourth-order valence-electron chi connectivity index (χ4n) is 0.890. The number of nitrogens with one attached hydrogen (secondary N) is 2. The highest BCUT2D eigenvalue weighted by atomic mass is 32.1. The van der Waals surface area contributed by atoms with Crippen LogP contribution in [0, 0.1) is 0 Å². The molecule has 0 radical (unpaired) electrons. The lowest BCUT2D eigenvalue weighted by Gasteiger charge is -1.97. The van der Waals surface area contributed by atoms with Crippen LogP contribution in [0.15, 0.2) is 12.7 Å². The van der Waals surface area contributed by atoms with Crippen LogP contribution < -0.4 is 5.32 Å². The molecule has 0 bridgehead atoms. The van der Waals surface area contributed by atoms with Crippen molar-refractivity contribution >= 4 is 16.7 Å². The fourth-order valence-corrected chi connectivity index (χ4v) is 1.35. The van der Waals surface area contributed by atoms with E-state index in [0.717, 1.165) is 23.9 Å². The zero-order valence-electron chi connectivity index (χ0n) is 6.77. The molecule has 68 valence electrons. The molecule has 0 aromatic carbocycles. The van der Waals surface area contributed by atoms with Crippen molar-refractivity contribution in [2.75, 3.05) is 11.9 Å². The summed E-state index contributed by atoms with van der Waals surface area (Å²) < 4.78 is 3.87. The van der Waals surface area contributed by atoms with Crippen molar-refractivity contribution in [3.63, 3.8) is 0 Å². The zero-order valence-corrected chi connectivity index (χ0v) is 7.58. The summed E-state index contributed by atoms with van der Waals surface area (Å²) in [5, 5.41) is 10.5. The topological polar surface area (TPSA) is 79.4 Å². The first kappa shape index (κ1) is 8.11. The highest BCUT2D eigenvalue weighted by molar-refractivity contribution is 7.09. The highest BCUT2D eigenvalue weighted by Crippen LogP contribution is 2.05. The molecule has 0 saturated heterocycles. The number of aromatic nitrogens is 5. The standard InChI is InChI=1S/C6H8N6S/c1(5-8-3-10-12-5)2-7-6-9-4-11-13-6/h3-4H,1-2H2,(H,7,9,11)(H,8,10,12). The summed E-state index contributed by atoms with van der Waals surface area (Å²) in [4.78, 5) is 7.98. The minimum Gasteiger partial charge on any atom is -0.360 e. The van der Waals surface area contributed by atoms with Crippen molar-refractivity contribution in [1.82, 2.24) is 24.5 Å². The minimum absolute atomic E-state index is 0.782. The Morgan fingerprint density at radius 3 is 3.08 bits per heavy atom. The summed E-state index contributed by atoms with van der Waals surface area (Å²) in [6, 6.07) is 0. The summed E-state index contributed by atoms with van der Waals surface area (Å²) in [6.07, 6.45) is 3.83. The van der Waals surface area contributed by atoms with Gasteiger partial charge in [0.15, 0.2) is 0 Å². The molecule has 0 amide bonds. The Hall–Kier alpha value is -1.50. The van der Waals surface area contributed by atoms with Gasteiger partial charge < -0.3 is 5.32 Å². The van der Waals surface area contributed by atoms with E-state index in [0.29, 0.717) is 0 Å². The first-order chi connectivity index (χ1) is 6.45. The first-order valence-corrected chi connectivity index (χ1v) is 4.57. The summed E-state index contributed by atoms with van der Waals surface area (Å²) in [6.45, 7) is 0.782. The number of aromatic amines is 1. The molecule has 13 heavy (non-hydrogen) atoms. The van der Waals surface area contributed by atoms with Gasteiger partial charge in [-0.1, -0.05) is 0 Å². The number of rotatable bonds is 4. The number of anilines is 1. The largest absolute Gasteiger partial charge is 0.360 e. The summed E-state index contributed by atoms with van der Waals surface area (Å²) in [5.74, 6) is 0.872. The molecular formula is C6H8N6S. The fraction of sp³-hybridized carbons (Fsp3) is 0.333. The minimum atomic E-state index is 0.782. The van der Waals surface area contributed by atoms with Crippen LogP contribution in [0.3, 0.4) is 0 Å². The Kier molecular flexibility index (Phi) is 2.46. The van der Waals surface area contributed by atoms with E-state index in [2.05, 4.69) is 29.9 Å². The Balaban J connectivity index is 1.76. The lowest BCUT2D eigenvalue weighted by Crippen LogP contribution is -2.05. The number of H-pyrrole nitrogens is 1. The highest BCUT2D eigenvalue weighted by Gasteiger charge is 1.97. The maximum absolute atomic E-state index is 4.00. The van der Waals surface area contributed by atoms with Crippen molar-refractivity contribution < 1.29 is 0 Å². The quantitative estimate of drug-likeness (QED) is 0.735. The SMILES string of the molecule is c1n[nH]c(CCNc2ncns2)n1. The second-order valence-corrected chi connectivity index (χ2v) is 3.14. The van der Waals surface area contributed by atoms with E-state index in [1.54, 1.807) is 0 Å². The molecule has 0 aliphatic rings. The average molecular weight is 196 g/mol. The van der Waals surface area contributed by atoms with Gasteiger partial charge in [-0.2, -0.15) is 9.47 Å². The van der Waals surface area contributed by atoms with Crippen LogP contribution in [0.4, 0.5) is 5.13 Å².